The van der Waals surface area contributed by atoms with Crippen molar-refractivity contribution in [2.45, 2.75) is 13.8 Å². The summed E-state index contributed by atoms with van der Waals surface area (Å²) in [5.41, 5.74) is 0.501. The molecule has 2 N–H and O–H groups in total. The van der Waals surface area contributed by atoms with Crippen LogP contribution in [0.3, 0.4) is 0 Å². The second-order valence-electron chi connectivity index (χ2n) is 5.92. The molecular weight excluding hydrogens is 316 g/mol. The highest BCUT2D eigenvalue weighted by molar-refractivity contribution is 6.14. The number of nitrogens with zero attached hydrogens (tertiary/aromatic N) is 2. The van der Waals surface area contributed by atoms with Crippen LogP contribution in [0, 0.1) is 28.1 Å². The van der Waals surface area contributed by atoms with E-state index in [2.05, 4.69) is 10.6 Å². The molecule has 0 radical (unpaired) electrons. The molecule has 0 aliphatic carbocycles. The Labute approximate surface area is 145 Å². The van der Waals surface area contributed by atoms with Crippen molar-refractivity contribution in [2.75, 3.05) is 10.6 Å². The average molecular weight is 332 g/mol. The molecule has 2 aromatic carbocycles. The fourth-order valence-corrected chi connectivity index (χ4v) is 1.97. The molecule has 0 atom stereocenters. The second-order valence-corrected chi connectivity index (χ2v) is 5.92. The van der Waals surface area contributed by atoms with E-state index >= 15 is 0 Å². The summed E-state index contributed by atoms with van der Waals surface area (Å²) in [6, 6.07) is 16.8. The molecule has 0 bridgehead atoms. The van der Waals surface area contributed by atoms with Gasteiger partial charge in [0, 0.05) is 11.4 Å². The molecule has 0 fully saturated rings. The topological polar surface area (TPSA) is 106 Å². The largest absolute Gasteiger partial charge is 0.325 e. The summed E-state index contributed by atoms with van der Waals surface area (Å²) < 4.78 is 0. The number of hydrogen-bond donors (Lipinski definition) is 2. The van der Waals surface area contributed by atoms with Gasteiger partial charge in [-0.1, -0.05) is 6.07 Å². The van der Waals surface area contributed by atoms with Crippen molar-refractivity contribution >= 4 is 23.2 Å². The smallest absolute Gasteiger partial charge is 0.239 e. The van der Waals surface area contributed by atoms with Gasteiger partial charge in [-0.15, -0.1) is 0 Å². The minimum Gasteiger partial charge on any atom is -0.325 e. The van der Waals surface area contributed by atoms with Gasteiger partial charge in [-0.2, -0.15) is 10.5 Å². The average Bonchev–Trinajstić information content (AvgIpc) is 2.62. The molecule has 0 heterocycles. The molecule has 25 heavy (non-hydrogen) atoms. The zero-order valence-corrected chi connectivity index (χ0v) is 13.8. The van der Waals surface area contributed by atoms with E-state index in [0.29, 0.717) is 22.5 Å². The number of nitriles is 2. The first-order valence-electron chi connectivity index (χ1n) is 7.50. The summed E-state index contributed by atoms with van der Waals surface area (Å²) in [5, 5.41) is 23.0. The van der Waals surface area contributed by atoms with Gasteiger partial charge in [0.25, 0.3) is 0 Å². The minimum absolute atomic E-state index is 0.414. The van der Waals surface area contributed by atoms with Gasteiger partial charge in [-0.05, 0) is 56.3 Å². The molecule has 6 heteroatoms. The third kappa shape index (κ3) is 4.21. The Kier molecular flexibility index (Phi) is 5.16. The number of carbonyl (C=O) groups is 2. The van der Waals surface area contributed by atoms with E-state index in [-0.39, 0.29) is 0 Å². The van der Waals surface area contributed by atoms with E-state index in [1.54, 1.807) is 42.5 Å². The molecule has 2 rings (SSSR count). The Morgan fingerprint density at radius 2 is 1.40 bits per heavy atom. The Hall–Kier alpha value is -3.64. The minimum atomic E-state index is -1.34. The third-order valence-electron chi connectivity index (χ3n) is 3.66. The summed E-state index contributed by atoms with van der Waals surface area (Å²) in [6.07, 6.45) is 0. The first-order valence-corrected chi connectivity index (χ1v) is 7.50. The van der Waals surface area contributed by atoms with Crippen LogP contribution in [0.5, 0.6) is 0 Å². The summed E-state index contributed by atoms with van der Waals surface area (Å²) in [4.78, 5) is 24.9. The van der Waals surface area contributed by atoms with Crippen molar-refractivity contribution in [2.24, 2.45) is 5.41 Å². The lowest BCUT2D eigenvalue weighted by atomic mass is 9.90. The number of amides is 2. The SMILES string of the molecule is CC(C)(C(=O)Nc1ccc(C#N)cc1)C(=O)Nc1cccc(C#N)c1. The Morgan fingerprint density at radius 3 is 1.96 bits per heavy atom. The molecule has 2 aromatic rings. The van der Waals surface area contributed by atoms with Gasteiger partial charge >= 0.3 is 0 Å². The molecule has 0 saturated heterocycles. The summed E-state index contributed by atoms with van der Waals surface area (Å²) in [7, 11) is 0. The molecule has 0 aromatic heterocycles. The number of nitrogens with one attached hydrogen (secondary N) is 2. The summed E-state index contributed by atoms with van der Waals surface area (Å²) >= 11 is 0. The van der Waals surface area contributed by atoms with Crippen LogP contribution in [0.1, 0.15) is 25.0 Å². The lowest BCUT2D eigenvalue weighted by molar-refractivity contribution is -0.135. The van der Waals surface area contributed by atoms with Gasteiger partial charge in [0.1, 0.15) is 5.41 Å². The van der Waals surface area contributed by atoms with Crippen LogP contribution in [0.15, 0.2) is 48.5 Å². The monoisotopic (exact) mass is 332 g/mol. The van der Waals surface area contributed by atoms with E-state index < -0.39 is 17.2 Å². The maximum Gasteiger partial charge on any atom is 0.239 e. The molecule has 0 aliphatic rings. The standard InChI is InChI=1S/C19H16N4O2/c1-19(2,17(24)22-15-8-6-13(11-20)7-9-15)18(25)23-16-5-3-4-14(10-16)12-21/h3-10H,1-2H3,(H,22,24)(H,23,25). The van der Waals surface area contributed by atoms with Crippen molar-refractivity contribution in [3.05, 3.63) is 59.7 Å². The van der Waals surface area contributed by atoms with Gasteiger partial charge < -0.3 is 10.6 Å². The Balaban J connectivity index is 2.09. The Bertz CT molecular complexity index is 887. The maximum atomic E-state index is 12.5. The van der Waals surface area contributed by atoms with Crippen molar-refractivity contribution < 1.29 is 9.59 Å². The number of hydrogen-bond acceptors (Lipinski definition) is 4. The van der Waals surface area contributed by atoms with Crippen LogP contribution in [-0.4, -0.2) is 11.8 Å². The van der Waals surface area contributed by atoms with E-state index in [1.807, 2.05) is 12.1 Å². The molecule has 0 unspecified atom stereocenters. The molecule has 124 valence electrons. The van der Waals surface area contributed by atoms with Gasteiger partial charge in [0.05, 0.1) is 23.3 Å². The molecule has 0 spiro atoms. The molecule has 2 amide bonds. The van der Waals surface area contributed by atoms with E-state index in [9.17, 15) is 9.59 Å². The zero-order valence-electron chi connectivity index (χ0n) is 13.8. The van der Waals surface area contributed by atoms with Crippen LogP contribution in [0.4, 0.5) is 11.4 Å². The summed E-state index contributed by atoms with van der Waals surface area (Å²) in [6.45, 7) is 3.02. The van der Waals surface area contributed by atoms with Gasteiger partial charge in [0.15, 0.2) is 0 Å². The number of anilines is 2. The number of benzene rings is 2. The number of carbonyl (C=O) groups excluding carboxylic acids is 2. The van der Waals surface area contributed by atoms with Crippen molar-refractivity contribution in [1.29, 1.82) is 10.5 Å². The lowest BCUT2D eigenvalue weighted by Crippen LogP contribution is -2.41. The quantitative estimate of drug-likeness (QED) is 0.839. The Morgan fingerprint density at radius 1 is 0.840 bits per heavy atom. The van der Waals surface area contributed by atoms with Crippen molar-refractivity contribution in [3.8, 4) is 12.1 Å². The zero-order chi connectivity index (χ0) is 18.4. The molecule has 0 aliphatic heterocycles. The summed E-state index contributed by atoms with van der Waals surface area (Å²) in [5.74, 6) is -0.972. The predicted molar refractivity (Wildman–Crippen MR) is 93.4 cm³/mol. The van der Waals surface area contributed by atoms with Gasteiger partial charge in [0.2, 0.25) is 11.8 Å². The highest BCUT2D eigenvalue weighted by Crippen LogP contribution is 2.22. The second kappa shape index (κ2) is 7.29. The fourth-order valence-electron chi connectivity index (χ4n) is 1.97. The van der Waals surface area contributed by atoms with Gasteiger partial charge in [-0.3, -0.25) is 9.59 Å². The molecular formula is C19H16N4O2. The van der Waals surface area contributed by atoms with Crippen LogP contribution >= 0.6 is 0 Å². The first kappa shape index (κ1) is 17.7. The first-order chi connectivity index (χ1) is 11.9. The van der Waals surface area contributed by atoms with Crippen molar-refractivity contribution in [1.82, 2.24) is 0 Å². The van der Waals surface area contributed by atoms with E-state index in [4.69, 9.17) is 10.5 Å². The van der Waals surface area contributed by atoms with Crippen molar-refractivity contribution in [3.63, 3.8) is 0 Å². The van der Waals surface area contributed by atoms with Gasteiger partial charge in [-0.25, -0.2) is 0 Å². The van der Waals surface area contributed by atoms with Crippen LogP contribution < -0.4 is 10.6 Å². The van der Waals surface area contributed by atoms with E-state index in [0.717, 1.165) is 0 Å². The van der Waals surface area contributed by atoms with Crippen LogP contribution in [-0.2, 0) is 9.59 Å². The highest BCUT2D eigenvalue weighted by atomic mass is 16.2. The highest BCUT2D eigenvalue weighted by Gasteiger charge is 2.36. The van der Waals surface area contributed by atoms with E-state index in [1.165, 1.54) is 19.9 Å². The molecule has 0 saturated carbocycles. The fraction of sp³-hybridized carbons (Fsp3) is 0.158. The van der Waals surface area contributed by atoms with Crippen LogP contribution in [0.25, 0.3) is 0 Å². The lowest BCUT2D eigenvalue weighted by Gasteiger charge is -2.22. The predicted octanol–water partition coefficient (Wildman–Crippen LogP) is 3.03. The molecule has 6 nitrogen and oxygen atoms in total. The third-order valence-corrected chi connectivity index (χ3v) is 3.66. The van der Waals surface area contributed by atoms with Crippen LogP contribution in [0.2, 0.25) is 0 Å². The maximum absolute atomic E-state index is 12.5. The number of rotatable bonds is 4. The normalized spacial score (nSPS) is 10.2.